The SMILES string of the molecule is O=C(NCc1cc(Br)ccc1F)c1ccc(Br)cc1Cl. The van der Waals surface area contributed by atoms with Crippen LogP contribution in [0.25, 0.3) is 0 Å². The average molecular weight is 421 g/mol. The van der Waals surface area contributed by atoms with Crippen LogP contribution in [-0.4, -0.2) is 5.91 Å². The molecule has 2 aromatic carbocycles. The fourth-order valence-corrected chi connectivity index (χ4v) is 2.79. The molecule has 104 valence electrons. The van der Waals surface area contributed by atoms with Gasteiger partial charge in [0.1, 0.15) is 5.82 Å². The third-order valence-corrected chi connectivity index (χ3v) is 3.92. The highest BCUT2D eigenvalue weighted by atomic mass is 79.9. The summed E-state index contributed by atoms with van der Waals surface area (Å²) in [5.41, 5.74) is 0.756. The standard InChI is InChI=1S/C14H9Br2ClFNO/c15-9-2-4-13(18)8(5-9)7-19-14(20)11-3-1-10(16)6-12(11)17/h1-6H,7H2,(H,19,20). The molecule has 0 unspecified atom stereocenters. The van der Waals surface area contributed by atoms with Crippen molar-refractivity contribution in [3.8, 4) is 0 Å². The van der Waals surface area contributed by atoms with Crippen molar-refractivity contribution in [3.63, 3.8) is 0 Å². The largest absolute Gasteiger partial charge is 0.348 e. The van der Waals surface area contributed by atoms with E-state index in [1.54, 1.807) is 30.3 Å². The Morgan fingerprint density at radius 1 is 1.15 bits per heavy atom. The number of rotatable bonds is 3. The molecular formula is C14H9Br2ClFNO. The van der Waals surface area contributed by atoms with Gasteiger partial charge in [0, 0.05) is 21.1 Å². The Hall–Kier alpha value is -0.910. The van der Waals surface area contributed by atoms with Gasteiger partial charge < -0.3 is 5.32 Å². The van der Waals surface area contributed by atoms with Crippen LogP contribution >= 0.6 is 43.5 Å². The number of amides is 1. The zero-order valence-corrected chi connectivity index (χ0v) is 14.0. The van der Waals surface area contributed by atoms with Gasteiger partial charge in [-0.15, -0.1) is 0 Å². The minimum absolute atomic E-state index is 0.0937. The van der Waals surface area contributed by atoms with Crippen LogP contribution in [-0.2, 0) is 6.54 Å². The normalized spacial score (nSPS) is 10.4. The van der Waals surface area contributed by atoms with Gasteiger partial charge in [-0.3, -0.25) is 4.79 Å². The van der Waals surface area contributed by atoms with Crippen LogP contribution in [0.1, 0.15) is 15.9 Å². The molecule has 0 fully saturated rings. The van der Waals surface area contributed by atoms with Gasteiger partial charge in [0.25, 0.3) is 5.91 Å². The second kappa shape index (κ2) is 6.70. The first-order chi connectivity index (χ1) is 9.47. The van der Waals surface area contributed by atoms with Gasteiger partial charge in [0.15, 0.2) is 0 Å². The van der Waals surface area contributed by atoms with E-state index in [-0.39, 0.29) is 18.3 Å². The van der Waals surface area contributed by atoms with Crippen LogP contribution in [0.5, 0.6) is 0 Å². The van der Waals surface area contributed by atoms with Gasteiger partial charge in [-0.25, -0.2) is 4.39 Å². The third kappa shape index (κ3) is 3.81. The molecule has 0 radical (unpaired) electrons. The summed E-state index contributed by atoms with van der Waals surface area (Å²) in [7, 11) is 0. The lowest BCUT2D eigenvalue weighted by Crippen LogP contribution is -2.23. The third-order valence-electron chi connectivity index (χ3n) is 2.62. The smallest absolute Gasteiger partial charge is 0.253 e. The van der Waals surface area contributed by atoms with E-state index in [2.05, 4.69) is 37.2 Å². The van der Waals surface area contributed by atoms with Crippen molar-refractivity contribution < 1.29 is 9.18 Å². The Labute approximate surface area is 137 Å². The number of hydrogen-bond donors (Lipinski definition) is 1. The lowest BCUT2D eigenvalue weighted by molar-refractivity contribution is 0.0950. The van der Waals surface area contributed by atoms with Gasteiger partial charge in [0.2, 0.25) is 0 Å². The zero-order chi connectivity index (χ0) is 14.7. The lowest BCUT2D eigenvalue weighted by Gasteiger charge is -2.08. The molecule has 0 saturated carbocycles. The number of benzene rings is 2. The molecule has 2 rings (SSSR count). The quantitative estimate of drug-likeness (QED) is 0.748. The maximum absolute atomic E-state index is 13.6. The van der Waals surface area contributed by atoms with Crippen LogP contribution in [0.2, 0.25) is 5.02 Å². The van der Waals surface area contributed by atoms with Gasteiger partial charge in [-0.2, -0.15) is 0 Å². The molecule has 0 aliphatic rings. The molecule has 0 atom stereocenters. The minimum Gasteiger partial charge on any atom is -0.348 e. The minimum atomic E-state index is -0.365. The van der Waals surface area contributed by atoms with E-state index >= 15 is 0 Å². The van der Waals surface area contributed by atoms with Gasteiger partial charge in [-0.1, -0.05) is 43.5 Å². The number of carbonyl (C=O) groups excluding carboxylic acids is 1. The van der Waals surface area contributed by atoms with E-state index in [4.69, 9.17) is 11.6 Å². The fourth-order valence-electron chi connectivity index (χ4n) is 1.62. The summed E-state index contributed by atoms with van der Waals surface area (Å²) >= 11 is 12.5. The van der Waals surface area contributed by atoms with Crippen molar-refractivity contribution in [3.05, 3.63) is 67.3 Å². The van der Waals surface area contributed by atoms with Crippen molar-refractivity contribution >= 4 is 49.4 Å². The second-order valence-electron chi connectivity index (χ2n) is 4.04. The summed E-state index contributed by atoms with van der Waals surface area (Å²) in [5.74, 6) is -0.711. The van der Waals surface area contributed by atoms with Crippen LogP contribution in [0.4, 0.5) is 4.39 Å². The van der Waals surface area contributed by atoms with Crippen molar-refractivity contribution in [1.29, 1.82) is 0 Å². The first kappa shape index (κ1) is 15.5. The fraction of sp³-hybridized carbons (Fsp3) is 0.0714. The van der Waals surface area contributed by atoms with Crippen molar-refractivity contribution in [2.45, 2.75) is 6.54 Å². The monoisotopic (exact) mass is 419 g/mol. The Morgan fingerprint density at radius 3 is 2.50 bits per heavy atom. The number of hydrogen-bond acceptors (Lipinski definition) is 1. The molecule has 20 heavy (non-hydrogen) atoms. The lowest BCUT2D eigenvalue weighted by atomic mass is 10.2. The van der Waals surface area contributed by atoms with E-state index < -0.39 is 0 Å². The Bertz CT molecular complexity index is 664. The van der Waals surface area contributed by atoms with Crippen LogP contribution < -0.4 is 5.32 Å². The Kier molecular flexibility index (Phi) is 5.18. The molecule has 0 saturated heterocycles. The molecule has 0 aromatic heterocycles. The molecule has 1 amide bonds. The topological polar surface area (TPSA) is 29.1 Å². The molecule has 2 aromatic rings. The number of carbonyl (C=O) groups is 1. The van der Waals surface area contributed by atoms with E-state index in [1.807, 2.05) is 0 Å². The second-order valence-corrected chi connectivity index (χ2v) is 6.28. The maximum Gasteiger partial charge on any atom is 0.253 e. The highest BCUT2D eigenvalue weighted by molar-refractivity contribution is 9.10. The summed E-state index contributed by atoms with van der Waals surface area (Å²) in [6, 6.07) is 9.54. The van der Waals surface area contributed by atoms with Gasteiger partial charge in [0.05, 0.1) is 10.6 Å². The summed E-state index contributed by atoms with van der Waals surface area (Å²) in [4.78, 5) is 12.0. The summed E-state index contributed by atoms with van der Waals surface area (Å²) in [6.45, 7) is 0.0937. The Morgan fingerprint density at radius 2 is 1.80 bits per heavy atom. The molecule has 1 N–H and O–H groups in total. The Balaban J connectivity index is 2.10. The molecule has 0 spiro atoms. The van der Waals surface area contributed by atoms with E-state index in [9.17, 15) is 9.18 Å². The van der Waals surface area contributed by atoms with Crippen LogP contribution in [0.15, 0.2) is 45.3 Å². The number of halogens is 4. The maximum atomic E-state index is 13.6. The molecule has 0 aliphatic heterocycles. The van der Waals surface area contributed by atoms with E-state index in [0.29, 0.717) is 16.1 Å². The van der Waals surface area contributed by atoms with E-state index in [1.165, 1.54) is 6.07 Å². The number of nitrogens with one attached hydrogen (secondary N) is 1. The summed E-state index contributed by atoms with van der Waals surface area (Å²) in [5, 5.41) is 2.98. The van der Waals surface area contributed by atoms with Gasteiger partial charge >= 0.3 is 0 Å². The van der Waals surface area contributed by atoms with Crippen molar-refractivity contribution in [2.75, 3.05) is 0 Å². The molecule has 0 aliphatic carbocycles. The molecule has 0 bridgehead atoms. The summed E-state index contributed by atoms with van der Waals surface area (Å²) in [6.07, 6.45) is 0. The summed E-state index contributed by atoms with van der Waals surface area (Å²) < 4.78 is 15.1. The zero-order valence-electron chi connectivity index (χ0n) is 10.1. The molecular weight excluding hydrogens is 412 g/mol. The molecule has 0 heterocycles. The first-order valence-electron chi connectivity index (χ1n) is 5.64. The highest BCUT2D eigenvalue weighted by Gasteiger charge is 2.11. The predicted octanol–water partition coefficient (Wildman–Crippen LogP) is 4.93. The average Bonchev–Trinajstić information content (AvgIpc) is 2.39. The molecule has 2 nitrogen and oxygen atoms in total. The highest BCUT2D eigenvalue weighted by Crippen LogP contribution is 2.21. The van der Waals surface area contributed by atoms with Crippen molar-refractivity contribution in [2.24, 2.45) is 0 Å². The van der Waals surface area contributed by atoms with Crippen molar-refractivity contribution in [1.82, 2.24) is 5.32 Å². The first-order valence-corrected chi connectivity index (χ1v) is 7.61. The van der Waals surface area contributed by atoms with Crippen LogP contribution in [0, 0.1) is 5.82 Å². The predicted molar refractivity (Wildman–Crippen MR) is 84.4 cm³/mol. The van der Waals surface area contributed by atoms with Gasteiger partial charge in [-0.05, 0) is 36.4 Å². The van der Waals surface area contributed by atoms with Crippen LogP contribution in [0.3, 0.4) is 0 Å². The van der Waals surface area contributed by atoms with E-state index in [0.717, 1.165) is 8.95 Å². The molecule has 6 heteroatoms.